The topological polar surface area (TPSA) is 87.9 Å². The van der Waals surface area contributed by atoms with Gasteiger partial charge in [0.25, 0.3) is 0 Å². The summed E-state index contributed by atoms with van der Waals surface area (Å²) in [5.41, 5.74) is 1.34. The summed E-state index contributed by atoms with van der Waals surface area (Å²) >= 11 is 0. The highest BCUT2D eigenvalue weighted by Gasteiger charge is 2.21. The van der Waals surface area contributed by atoms with Crippen molar-refractivity contribution >= 4 is 23.0 Å². The number of amides is 2. The second kappa shape index (κ2) is 7.98. The number of para-hydroxylation sites is 1. The highest BCUT2D eigenvalue weighted by molar-refractivity contribution is 5.86. The lowest BCUT2D eigenvalue weighted by atomic mass is 10.1. The third kappa shape index (κ3) is 4.27. The van der Waals surface area contributed by atoms with Gasteiger partial charge in [0.1, 0.15) is 5.69 Å². The van der Waals surface area contributed by atoms with Gasteiger partial charge in [-0.2, -0.15) is 0 Å². The summed E-state index contributed by atoms with van der Waals surface area (Å²) < 4.78 is 9.92. The largest absolute Gasteiger partial charge is 0.453 e. The zero-order valence-electron chi connectivity index (χ0n) is 14.2. The van der Waals surface area contributed by atoms with Crippen molar-refractivity contribution in [3.8, 4) is 0 Å². The van der Waals surface area contributed by atoms with Crippen molar-refractivity contribution in [2.45, 2.75) is 6.42 Å². The van der Waals surface area contributed by atoms with Gasteiger partial charge in [-0.05, 0) is 12.1 Å². The third-order valence-corrected chi connectivity index (χ3v) is 4.34. The Hall–Kier alpha value is -2.61. The quantitative estimate of drug-likeness (QED) is 0.864. The van der Waals surface area contributed by atoms with Crippen molar-refractivity contribution in [3.05, 3.63) is 30.0 Å². The molecule has 1 aliphatic rings. The number of hydrogen-bond donors (Lipinski definition) is 1. The molecular formula is C17H22N4O4. The summed E-state index contributed by atoms with van der Waals surface area (Å²) in [5.74, 6) is -0.0766. The highest BCUT2D eigenvalue weighted by atomic mass is 16.5. The molecule has 3 rings (SSSR count). The van der Waals surface area contributed by atoms with Gasteiger partial charge in [-0.1, -0.05) is 17.3 Å². The van der Waals surface area contributed by atoms with Crippen LogP contribution in [0.15, 0.2) is 28.8 Å². The molecule has 8 nitrogen and oxygen atoms in total. The molecule has 1 N–H and O–H groups in total. The fourth-order valence-corrected chi connectivity index (χ4v) is 2.92. The molecular weight excluding hydrogens is 324 g/mol. The predicted octanol–water partition coefficient (Wildman–Crippen LogP) is 0.871. The van der Waals surface area contributed by atoms with E-state index in [9.17, 15) is 9.59 Å². The van der Waals surface area contributed by atoms with Crippen LogP contribution in [-0.4, -0.2) is 73.3 Å². The fraction of sp³-hybridized carbons (Fsp3) is 0.471. The second-order valence-electron chi connectivity index (χ2n) is 5.95. The molecule has 134 valence electrons. The second-order valence-corrected chi connectivity index (χ2v) is 5.95. The molecule has 0 bridgehead atoms. The van der Waals surface area contributed by atoms with Gasteiger partial charge < -0.3 is 19.5 Å². The van der Waals surface area contributed by atoms with E-state index in [1.165, 1.54) is 7.11 Å². The van der Waals surface area contributed by atoms with Gasteiger partial charge in [0.2, 0.25) is 5.91 Å². The SMILES string of the molecule is COC(=O)N1CCN(CCNC(=O)Cc2noc3ccccc23)CC1. The smallest absolute Gasteiger partial charge is 0.409 e. The summed E-state index contributed by atoms with van der Waals surface area (Å²) in [6, 6.07) is 7.50. The van der Waals surface area contributed by atoms with Crippen LogP contribution in [0.5, 0.6) is 0 Å². The normalized spacial score (nSPS) is 15.3. The maximum Gasteiger partial charge on any atom is 0.409 e. The first-order valence-electron chi connectivity index (χ1n) is 8.32. The van der Waals surface area contributed by atoms with Crippen LogP contribution in [0.1, 0.15) is 5.69 Å². The van der Waals surface area contributed by atoms with Crippen molar-refractivity contribution in [3.63, 3.8) is 0 Å². The van der Waals surface area contributed by atoms with Crippen molar-refractivity contribution < 1.29 is 18.8 Å². The van der Waals surface area contributed by atoms with Gasteiger partial charge >= 0.3 is 6.09 Å². The Morgan fingerprint density at radius 2 is 2.00 bits per heavy atom. The molecule has 1 fully saturated rings. The number of nitrogens with one attached hydrogen (secondary N) is 1. The monoisotopic (exact) mass is 346 g/mol. The predicted molar refractivity (Wildman–Crippen MR) is 91.1 cm³/mol. The first-order chi connectivity index (χ1) is 12.2. The van der Waals surface area contributed by atoms with Crippen LogP contribution < -0.4 is 5.32 Å². The number of ether oxygens (including phenoxy) is 1. The lowest BCUT2D eigenvalue weighted by molar-refractivity contribution is -0.120. The number of piperazine rings is 1. The molecule has 2 heterocycles. The number of benzene rings is 1. The minimum atomic E-state index is -0.284. The Bertz CT molecular complexity index is 737. The molecule has 0 atom stereocenters. The molecule has 2 amide bonds. The number of fused-ring (bicyclic) bond motifs is 1. The van der Waals surface area contributed by atoms with E-state index in [2.05, 4.69) is 15.4 Å². The number of aromatic nitrogens is 1. The Balaban J connectivity index is 1.39. The van der Waals surface area contributed by atoms with Crippen LogP contribution in [0.4, 0.5) is 4.79 Å². The van der Waals surface area contributed by atoms with Crippen molar-refractivity contribution in [1.82, 2.24) is 20.3 Å². The summed E-state index contributed by atoms with van der Waals surface area (Å²) in [7, 11) is 1.39. The fourth-order valence-electron chi connectivity index (χ4n) is 2.92. The summed E-state index contributed by atoms with van der Waals surface area (Å²) in [5, 5.41) is 7.75. The minimum Gasteiger partial charge on any atom is -0.453 e. The molecule has 1 saturated heterocycles. The average Bonchev–Trinajstić information content (AvgIpc) is 3.04. The van der Waals surface area contributed by atoms with Crippen molar-refractivity contribution in [1.29, 1.82) is 0 Å². The van der Waals surface area contributed by atoms with Crippen LogP contribution in [0, 0.1) is 0 Å². The van der Waals surface area contributed by atoms with Gasteiger partial charge in [-0.3, -0.25) is 9.69 Å². The van der Waals surface area contributed by atoms with Crippen molar-refractivity contribution in [2.24, 2.45) is 0 Å². The standard InChI is InChI=1S/C17H22N4O4/c1-24-17(23)21-10-8-20(9-11-21)7-6-18-16(22)12-14-13-4-2-3-5-15(13)25-19-14/h2-5H,6-12H2,1H3,(H,18,22). The van der Waals surface area contributed by atoms with E-state index < -0.39 is 0 Å². The van der Waals surface area contributed by atoms with Crippen LogP contribution in [-0.2, 0) is 16.0 Å². The zero-order chi connectivity index (χ0) is 17.6. The van der Waals surface area contributed by atoms with Crippen LogP contribution in [0.2, 0.25) is 0 Å². The summed E-state index contributed by atoms with van der Waals surface area (Å²) in [4.78, 5) is 27.4. The van der Waals surface area contributed by atoms with E-state index in [1.54, 1.807) is 4.90 Å². The molecule has 2 aromatic rings. The Morgan fingerprint density at radius 1 is 1.24 bits per heavy atom. The molecule has 0 unspecified atom stereocenters. The Morgan fingerprint density at radius 3 is 2.76 bits per heavy atom. The van der Waals surface area contributed by atoms with E-state index in [0.717, 1.165) is 25.0 Å². The minimum absolute atomic E-state index is 0.0766. The number of rotatable bonds is 5. The first kappa shape index (κ1) is 17.2. The molecule has 0 saturated carbocycles. The van der Waals surface area contributed by atoms with E-state index >= 15 is 0 Å². The van der Waals surface area contributed by atoms with Crippen LogP contribution in [0.3, 0.4) is 0 Å². The summed E-state index contributed by atoms with van der Waals surface area (Å²) in [6.07, 6.45) is -0.0829. The molecule has 1 aliphatic heterocycles. The molecule has 0 radical (unpaired) electrons. The first-order valence-corrected chi connectivity index (χ1v) is 8.32. The summed E-state index contributed by atoms with van der Waals surface area (Å²) in [6.45, 7) is 4.15. The molecule has 0 spiro atoms. The van der Waals surface area contributed by atoms with Gasteiger partial charge in [0, 0.05) is 44.7 Å². The number of methoxy groups -OCH3 is 1. The van der Waals surface area contributed by atoms with E-state index in [-0.39, 0.29) is 18.4 Å². The highest BCUT2D eigenvalue weighted by Crippen LogP contribution is 2.17. The van der Waals surface area contributed by atoms with Gasteiger partial charge in [-0.15, -0.1) is 0 Å². The van der Waals surface area contributed by atoms with Gasteiger partial charge in [0.05, 0.1) is 13.5 Å². The number of nitrogens with zero attached hydrogens (tertiary/aromatic N) is 3. The number of carbonyl (C=O) groups excluding carboxylic acids is 2. The van der Waals surface area contributed by atoms with E-state index in [1.807, 2.05) is 24.3 Å². The van der Waals surface area contributed by atoms with E-state index in [4.69, 9.17) is 9.26 Å². The maximum atomic E-state index is 12.1. The number of carbonyl (C=O) groups is 2. The average molecular weight is 346 g/mol. The van der Waals surface area contributed by atoms with Crippen LogP contribution >= 0.6 is 0 Å². The van der Waals surface area contributed by atoms with Gasteiger partial charge in [0.15, 0.2) is 5.58 Å². The lowest BCUT2D eigenvalue weighted by Crippen LogP contribution is -2.50. The Labute approximate surface area is 145 Å². The maximum absolute atomic E-state index is 12.1. The lowest BCUT2D eigenvalue weighted by Gasteiger charge is -2.33. The van der Waals surface area contributed by atoms with Crippen molar-refractivity contribution in [2.75, 3.05) is 46.4 Å². The third-order valence-electron chi connectivity index (χ3n) is 4.34. The van der Waals surface area contributed by atoms with E-state index in [0.29, 0.717) is 30.9 Å². The molecule has 8 heteroatoms. The van der Waals surface area contributed by atoms with Crippen LogP contribution in [0.25, 0.3) is 11.0 Å². The van der Waals surface area contributed by atoms with Gasteiger partial charge in [-0.25, -0.2) is 4.79 Å². The molecule has 1 aromatic carbocycles. The molecule has 25 heavy (non-hydrogen) atoms. The number of hydrogen-bond acceptors (Lipinski definition) is 6. The Kier molecular flexibility index (Phi) is 5.49. The molecule has 0 aliphatic carbocycles. The zero-order valence-corrected chi connectivity index (χ0v) is 14.2. The molecule has 1 aromatic heterocycles.